The molecule has 1 aliphatic heterocycles. The van der Waals surface area contributed by atoms with E-state index in [2.05, 4.69) is 5.32 Å². The van der Waals surface area contributed by atoms with Crippen LogP contribution in [-0.2, 0) is 16.0 Å². The average molecular weight is 358 g/mol. The van der Waals surface area contributed by atoms with Crippen molar-refractivity contribution in [1.29, 1.82) is 0 Å². The number of rotatable bonds is 6. The van der Waals surface area contributed by atoms with Crippen LogP contribution in [0.15, 0.2) is 17.5 Å². The predicted molar refractivity (Wildman–Crippen MR) is 93.7 cm³/mol. The van der Waals surface area contributed by atoms with Crippen molar-refractivity contribution in [2.75, 3.05) is 13.1 Å². The Morgan fingerprint density at radius 2 is 2.17 bits per heavy atom. The fourth-order valence-electron chi connectivity index (χ4n) is 3.03. The van der Waals surface area contributed by atoms with Crippen LogP contribution in [0.4, 0.5) is 0 Å². The maximum Gasteiger partial charge on any atom is 0.242 e. The van der Waals surface area contributed by atoms with Crippen LogP contribution < -0.4 is 11.1 Å². The lowest BCUT2D eigenvalue weighted by molar-refractivity contribution is -0.137. The Balaban J connectivity index is 0.00000192. The molecule has 23 heavy (non-hydrogen) atoms. The molecule has 1 aliphatic carbocycles. The smallest absolute Gasteiger partial charge is 0.242 e. The predicted octanol–water partition coefficient (Wildman–Crippen LogP) is 1.56. The number of carbonyl (C=O) groups is 2. The van der Waals surface area contributed by atoms with Gasteiger partial charge in [0.2, 0.25) is 11.8 Å². The number of likely N-dealkylation sites (tertiary alicyclic amines) is 1. The minimum atomic E-state index is -0.320. The summed E-state index contributed by atoms with van der Waals surface area (Å²) < 4.78 is 0. The van der Waals surface area contributed by atoms with Gasteiger partial charge in [0.25, 0.3) is 0 Å². The van der Waals surface area contributed by atoms with Crippen LogP contribution in [0.3, 0.4) is 0 Å². The lowest BCUT2D eigenvalue weighted by atomic mass is 10.1. The molecule has 2 aliphatic rings. The second-order valence-electron chi connectivity index (χ2n) is 6.25. The average Bonchev–Trinajstić information content (AvgIpc) is 3.02. The fraction of sp³-hybridized carbons (Fsp3) is 0.625. The molecule has 1 saturated carbocycles. The quantitative estimate of drug-likeness (QED) is 0.811. The normalized spacial score (nSPS) is 21.6. The highest BCUT2D eigenvalue weighted by atomic mass is 35.5. The van der Waals surface area contributed by atoms with Crippen LogP contribution in [0.2, 0.25) is 0 Å². The van der Waals surface area contributed by atoms with Crippen LogP contribution in [0, 0.1) is 5.92 Å². The summed E-state index contributed by atoms with van der Waals surface area (Å²) >= 11 is 1.58. The Morgan fingerprint density at radius 3 is 2.83 bits per heavy atom. The lowest BCUT2D eigenvalue weighted by Gasteiger charge is -2.24. The fourth-order valence-corrected chi connectivity index (χ4v) is 3.72. The Morgan fingerprint density at radius 1 is 1.39 bits per heavy atom. The van der Waals surface area contributed by atoms with Crippen molar-refractivity contribution in [2.24, 2.45) is 11.7 Å². The van der Waals surface area contributed by atoms with E-state index < -0.39 is 0 Å². The van der Waals surface area contributed by atoms with Crippen LogP contribution in [-0.4, -0.2) is 41.9 Å². The van der Waals surface area contributed by atoms with Gasteiger partial charge in [-0.25, -0.2) is 0 Å². The van der Waals surface area contributed by atoms with E-state index in [9.17, 15) is 9.59 Å². The van der Waals surface area contributed by atoms with Gasteiger partial charge in [0, 0.05) is 24.0 Å². The molecule has 3 rings (SSSR count). The molecule has 128 valence electrons. The number of thiophene rings is 1. The number of halogens is 1. The van der Waals surface area contributed by atoms with E-state index in [0.717, 1.165) is 17.7 Å². The monoisotopic (exact) mass is 357 g/mol. The van der Waals surface area contributed by atoms with E-state index in [4.69, 9.17) is 5.73 Å². The number of carbonyl (C=O) groups excluding carboxylic acids is 2. The Kier molecular flexibility index (Phi) is 6.44. The zero-order valence-corrected chi connectivity index (χ0v) is 14.7. The van der Waals surface area contributed by atoms with Gasteiger partial charge < -0.3 is 16.0 Å². The number of hydrogen-bond acceptors (Lipinski definition) is 4. The van der Waals surface area contributed by atoms with Crippen molar-refractivity contribution in [3.63, 3.8) is 0 Å². The van der Waals surface area contributed by atoms with E-state index >= 15 is 0 Å². The van der Waals surface area contributed by atoms with Crippen LogP contribution in [0.1, 0.15) is 30.6 Å². The number of nitrogens with one attached hydrogen (secondary N) is 1. The molecule has 0 radical (unpaired) electrons. The number of nitrogens with two attached hydrogens (primary N) is 1. The largest absolute Gasteiger partial charge is 0.353 e. The molecule has 2 unspecified atom stereocenters. The van der Waals surface area contributed by atoms with Gasteiger partial charge in [-0.15, -0.1) is 23.7 Å². The molecule has 2 fully saturated rings. The standard InChI is InChI=1S/C16H23N3O2S.ClH/c17-13(11-5-6-11)10-18-16(21)14-4-1-7-19(14)15(20)9-12-3-2-8-22-12;/h2-3,8,11,13-14H,1,4-7,9-10,17H2,(H,18,21);1H. The van der Waals surface area contributed by atoms with E-state index in [1.807, 2.05) is 17.5 Å². The first-order valence-electron chi connectivity index (χ1n) is 8.00. The third-order valence-electron chi connectivity index (χ3n) is 4.52. The van der Waals surface area contributed by atoms with Gasteiger partial charge in [-0.1, -0.05) is 6.07 Å². The van der Waals surface area contributed by atoms with Crippen LogP contribution in [0.5, 0.6) is 0 Å². The third kappa shape index (κ3) is 4.68. The summed E-state index contributed by atoms with van der Waals surface area (Å²) in [5.74, 6) is 0.570. The number of hydrogen-bond donors (Lipinski definition) is 2. The van der Waals surface area contributed by atoms with Crippen LogP contribution >= 0.6 is 23.7 Å². The second kappa shape index (κ2) is 8.13. The van der Waals surface area contributed by atoms with Gasteiger partial charge in [0.15, 0.2) is 0 Å². The van der Waals surface area contributed by atoms with Crippen molar-refractivity contribution >= 4 is 35.6 Å². The first-order valence-corrected chi connectivity index (χ1v) is 8.88. The highest BCUT2D eigenvalue weighted by Gasteiger charge is 2.35. The molecular formula is C16H24ClN3O2S. The summed E-state index contributed by atoms with van der Waals surface area (Å²) in [6.45, 7) is 1.20. The van der Waals surface area contributed by atoms with Crippen molar-refractivity contribution in [1.82, 2.24) is 10.2 Å². The highest BCUT2D eigenvalue weighted by Crippen LogP contribution is 2.31. The minimum absolute atomic E-state index is 0. The van der Waals surface area contributed by atoms with Gasteiger partial charge in [0.05, 0.1) is 6.42 Å². The first kappa shape index (κ1) is 18.2. The maximum atomic E-state index is 12.4. The molecule has 3 N–H and O–H groups in total. The minimum Gasteiger partial charge on any atom is -0.353 e. The molecule has 0 bridgehead atoms. The van der Waals surface area contributed by atoms with E-state index in [1.54, 1.807) is 16.2 Å². The Hall–Kier alpha value is -1.11. The molecule has 0 aromatic carbocycles. The molecule has 2 amide bonds. The number of nitrogens with zero attached hydrogens (tertiary/aromatic N) is 1. The third-order valence-corrected chi connectivity index (χ3v) is 5.40. The van der Waals surface area contributed by atoms with Crippen molar-refractivity contribution in [3.8, 4) is 0 Å². The van der Waals surface area contributed by atoms with Gasteiger partial charge >= 0.3 is 0 Å². The molecular weight excluding hydrogens is 334 g/mol. The molecule has 1 aromatic rings. The topological polar surface area (TPSA) is 75.4 Å². The zero-order chi connectivity index (χ0) is 15.5. The molecule has 1 saturated heterocycles. The van der Waals surface area contributed by atoms with Crippen molar-refractivity contribution in [3.05, 3.63) is 22.4 Å². The summed E-state index contributed by atoms with van der Waals surface area (Å²) in [7, 11) is 0. The number of amides is 2. The first-order chi connectivity index (χ1) is 10.6. The van der Waals surface area contributed by atoms with E-state index in [-0.39, 0.29) is 36.3 Å². The second-order valence-corrected chi connectivity index (χ2v) is 7.28. The van der Waals surface area contributed by atoms with Gasteiger partial charge in [-0.2, -0.15) is 0 Å². The molecule has 1 aromatic heterocycles. The Bertz CT molecular complexity index is 533. The molecule has 0 spiro atoms. The molecule has 2 atom stereocenters. The van der Waals surface area contributed by atoms with Crippen molar-refractivity contribution in [2.45, 2.75) is 44.2 Å². The summed E-state index contributed by atoms with van der Waals surface area (Å²) in [5.41, 5.74) is 6.02. The maximum absolute atomic E-state index is 12.4. The van der Waals surface area contributed by atoms with Crippen molar-refractivity contribution < 1.29 is 9.59 Å². The highest BCUT2D eigenvalue weighted by molar-refractivity contribution is 7.10. The molecule has 2 heterocycles. The Labute approximate surface area is 147 Å². The van der Waals surface area contributed by atoms with Gasteiger partial charge in [-0.3, -0.25) is 9.59 Å². The summed E-state index contributed by atoms with van der Waals surface area (Å²) in [4.78, 5) is 27.5. The zero-order valence-electron chi connectivity index (χ0n) is 13.1. The van der Waals surface area contributed by atoms with Gasteiger partial charge in [0.1, 0.15) is 6.04 Å². The summed E-state index contributed by atoms with van der Waals surface area (Å²) in [6.07, 6.45) is 4.38. The van der Waals surface area contributed by atoms with Gasteiger partial charge in [-0.05, 0) is 43.0 Å². The summed E-state index contributed by atoms with van der Waals surface area (Å²) in [6, 6.07) is 3.64. The summed E-state index contributed by atoms with van der Waals surface area (Å²) in [5, 5.41) is 4.90. The molecule has 5 nitrogen and oxygen atoms in total. The SMILES string of the molecule is Cl.NC(CNC(=O)C1CCCN1C(=O)Cc1cccs1)C1CC1. The molecule has 7 heteroatoms. The van der Waals surface area contributed by atoms with Crippen LogP contribution in [0.25, 0.3) is 0 Å². The van der Waals surface area contributed by atoms with E-state index in [1.165, 1.54) is 12.8 Å². The lowest BCUT2D eigenvalue weighted by Crippen LogP contribution is -2.49. The van der Waals surface area contributed by atoms with E-state index in [0.29, 0.717) is 25.4 Å².